The van der Waals surface area contributed by atoms with Crippen molar-refractivity contribution in [3.8, 4) is 5.75 Å². The molecule has 0 radical (unpaired) electrons. The topological polar surface area (TPSA) is 90.7 Å². The fourth-order valence-corrected chi connectivity index (χ4v) is 3.36. The largest absolute Gasteiger partial charge is 0.497 e. The van der Waals surface area contributed by atoms with E-state index in [0.717, 1.165) is 23.3 Å². The second kappa shape index (κ2) is 7.54. The van der Waals surface area contributed by atoms with E-state index in [-0.39, 0.29) is 17.8 Å². The maximum atomic E-state index is 11.7. The Bertz CT molecular complexity index is 781. The van der Waals surface area contributed by atoms with Gasteiger partial charge in [0, 0.05) is 12.5 Å². The Balaban J connectivity index is 1.61. The zero-order valence-electron chi connectivity index (χ0n) is 13.4. The molecule has 0 amide bonds. The van der Waals surface area contributed by atoms with Crippen LogP contribution in [0, 0.1) is 10.1 Å². The third kappa shape index (κ3) is 3.92. The number of nitro benzene ring substituents is 1. The summed E-state index contributed by atoms with van der Waals surface area (Å²) in [4.78, 5) is 22.8. The van der Waals surface area contributed by atoms with Gasteiger partial charge < -0.3 is 9.47 Å². The molecular formula is C17H16N2O5S. The molecule has 2 aromatic carbocycles. The SMILES string of the molecule is COc1ccc(C[C@H]2OC(=O)[C@H]2NSc2ccccc2[N+](=O)[O-])cc1. The lowest BCUT2D eigenvalue weighted by atomic mass is 9.98. The number of carbonyl (C=O) groups is 1. The Labute approximate surface area is 148 Å². The molecule has 1 N–H and O–H groups in total. The van der Waals surface area contributed by atoms with Gasteiger partial charge in [-0.1, -0.05) is 24.3 Å². The molecule has 0 saturated carbocycles. The molecule has 0 unspecified atom stereocenters. The Morgan fingerprint density at radius 2 is 1.96 bits per heavy atom. The van der Waals surface area contributed by atoms with Gasteiger partial charge >= 0.3 is 5.97 Å². The van der Waals surface area contributed by atoms with Crippen molar-refractivity contribution in [3.05, 3.63) is 64.2 Å². The van der Waals surface area contributed by atoms with E-state index in [1.54, 1.807) is 25.3 Å². The van der Waals surface area contributed by atoms with E-state index in [1.165, 1.54) is 6.07 Å². The molecule has 8 heteroatoms. The predicted octanol–water partition coefficient (Wildman–Crippen LogP) is 2.74. The zero-order valence-corrected chi connectivity index (χ0v) is 14.2. The lowest BCUT2D eigenvalue weighted by Crippen LogP contribution is -2.57. The number of rotatable bonds is 7. The van der Waals surface area contributed by atoms with Crippen LogP contribution in [0.2, 0.25) is 0 Å². The fourth-order valence-electron chi connectivity index (χ4n) is 2.47. The van der Waals surface area contributed by atoms with Crippen LogP contribution in [0.1, 0.15) is 5.56 Å². The molecule has 0 aliphatic carbocycles. The number of esters is 1. The number of carbonyl (C=O) groups excluding carboxylic acids is 1. The van der Waals surface area contributed by atoms with Crippen LogP contribution >= 0.6 is 11.9 Å². The number of cyclic esters (lactones) is 1. The molecular weight excluding hydrogens is 344 g/mol. The number of benzene rings is 2. The van der Waals surface area contributed by atoms with E-state index in [1.807, 2.05) is 24.3 Å². The van der Waals surface area contributed by atoms with Gasteiger partial charge in [0.25, 0.3) is 5.69 Å². The van der Waals surface area contributed by atoms with Crippen molar-refractivity contribution in [3.63, 3.8) is 0 Å². The van der Waals surface area contributed by atoms with E-state index >= 15 is 0 Å². The van der Waals surface area contributed by atoms with Gasteiger partial charge in [-0.05, 0) is 35.7 Å². The first-order valence-corrected chi connectivity index (χ1v) is 8.39. The molecule has 2 atom stereocenters. The van der Waals surface area contributed by atoms with Crippen LogP contribution in [0.25, 0.3) is 0 Å². The summed E-state index contributed by atoms with van der Waals surface area (Å²) in [7, 11) is 1.60. The summed E-state index contributed by atoms with van der Waals surface area (Å²) >= 11 is 1.07. The molecule has 1 heterocycles. The normalized spacial score (nSPS) is 19.0. The molecule has 1 fully saturated rings. The quantitative estimate of drug-likeness (QED) is 0.351. The number of hydrogen-bond acceptors (Lipinski definition) is 7. The smallest absolute Gasteiger partial charge is 0.328 e. The Hall–Kier alpha value is -2.58. The van der Waals surface area contributed by atoms with Gasteiger partial charge in [-0.15, -0.1) is 0 Å². The second-order valence-electron chi connectivity index (χ2n) is 5.45. The van der Waals surface area contributed by atoms with Gasteiger partial charge in [0.05, 0.1) is 12.0 Å². The summed E-state index contributed by atoms with van der Waals surface area (Å²) in [6, 6.07) is 13.4. The molecule has 0 spiro atoms. The number of hydrogen-bond donors (Lipinski definition) is 1. The van der Waals surface area contributed by atoms with Crippen LogP contribution in [-0.2, 0) is 16.0 Å². The summed E-state index contributed by atoms with van der Waals surface area (Å²) in [5.74, 6) is 0.403. The molecule has 130 valence electrons. The number of nitrogens with one attached hydrogen (secondary N) is 1. The highest BCUT2D eigenvalue weighted by molar-refractivity contribution is 7.97. The van der Waals surface area contributed by atoms with Gasteiger partial charge in [0.2, 0.25) is 0 Å². The monoisotopic (exact) mass is 360 g/mol. The standard InChI is InChI=1S/C17H16N2O5S/c1-23-12-8-6-11(7-9-12)10-14-16(17(20)24-14)18-25-15-5-3-2-4-13(15)19(21)22/h2-9,14,16,18H,10H2,1H3/t14-,16+/m1/s1. The van der Waals surface area contributed by atoms with Gasteiger partial charge in [-0.3, -0.25) is 14.9 Å². The molecule has 2 aromatic rings. The number of nitro groups is 1. The molecule has 3 rings (SSSR count). The van der Waals surface area contributed by atoms with E-state index in [9.17, 15) is 14.9 Å². The van der Waals surface area contributed by atoms with Crippen molar-refractivity contribution in [1.82, 2.24) is 4.72 Å². The average Bonchev–Trinajstić information content (AvgIpc) is 2.62. The fraction of sp³-hybridized carbons (Fsp3) is 0.235. The minimum absolute atomic E-state index is 0.000560. The zero-order chi connectivity index (χ0) is 17.8. The molecule has 1 aliphatic rings. The van der Waals surface area contributed by atoms with Gasteiger partial charge in [0.1, 0.15) is 16.7 Å². The van der Waals surface area contributed by atoms with Gasteiger partial charge in [-0.2, -0.15) is 0 Å². The van der Waals surface area contributed by atoms with Crippen LogP contribution in [0.3, 0.4) is 0 Å². The first-order valence-electron chi connectivity index (χ1n) is 7.57. The van der Waals surface area contributed by atoms with Crippen molar-refractivity contribution in [2.45, 2.75) is 23.5 Å². The maximum Gasteiger partial charge on any atom is 0.328 e. The van der Waals surface area contributed by atoms with E-state index < -0.39 is 11.0 Å². The van der Waals surface area contributed by atoms with Gasteiger partial charge in [-0.25, -0.2) is 4.72 Å². The first kappa shape index (κ1) is 17.2. The van der Waals surface area contributed by atoms with E-state index in [4.69, 9.17) is 9.47 Å². The third-order valence-electron chi connectivity index (χ3n) is 3.85. The van der Waals surface area contributed by atoms with Crippen molar-refractivity contribution in [2.75, 3.05) is 7.11 Å². The molecule has 1 saturated heterocycles. The summed E-state index contributed by atoms with van der Waals surface area (Å²) in [5, 5.41) is 11.0. The minimum atomic E-state index is -0.507. The van der Waals surface area contributed by atoms with Crippen LogP contribution in [0.4, 0.5) is 5.69 Å². The van der Waals surface area contributed by atoms with Crippen molar-refractivity contribution in [2.24, 2.45) is 0 Å². The van der Waals surface area contributed by atoms with Crippen molar-refractivity contribution >= 4 is 23.6 Å². The van der Waals surface area contributed by atoms with Gasteiger partial charge in [0.15, 0.2) is 6.04 Å². The summed E-state index contributed by atoms with van der Waals surface area (Å²) in [5.41, 5.74) is 1.01. The molecule has 25 heavy (non-hydrogen) atoms. The summed E-state index contributed by atoms with van der Waals surface area (Å²) < 4.78 is 13.3. The summed E-state index contributed by atoms with van der Waals surface area (Å²) in [6.07, 6.45) is 0.251. The highest BCUT2D eigenvalue weighted by Crippen LogP contribution is 2.29. The second-order valence-corrected chi connectivity index (χ2v) is 6.33. The van der Waals surface area contributed by atoms with Crippen LogP contribution < -0.4 is 9.46 Å². The Morgan fingerprint density at radius 3 is 2.60 bits per heavy atom. The molecule has 0 aromatic heterocycles. The van der Waals surface area contributed by atoms with Crippen molar-refractivity contribution < 1.29 is 19.2 Å². The molecule has 1 aliphatic heterocycles. The Kier molecular flexibility index (Phi) is 5.20. The maximum absolute atomic E-state index is 11.7. The highest BCUT2D eigenvalue weighted by Gasteiger charge is 2.42. The lowest BCUT2D eigenvalue weighted by Gasteiger charge is -2.35. The van der Waals surface area contributed by atoms with E-state index in [0.29, 0.717) is 11.3 Å². The number of methoxy groups -OCH3 is 1. The lowest BCUT2D eigenvalue weighted by molar-refractivity contribution is -0.387. The number of nitrogens with zero attached hydrogens (tertiary/aromatic N) is 1. The average molecular weight is 360 g/mol. The van der Waals surface area contributed by atoms with Crippen molar-refractivity contribution in [1.29, 1.82) is 0 Å². The molecule has 0 bridgehead atoms. The Morgan fingerprint density at radius 1 is 1.24 bits per heavy atom. The highest BCUT2D eigenvalue weighted by atomic mass is 32.2. The first-order chi connectivity index (χ1) is 12.1. The predicted molar refractivity (Wildman–Crippen MR) is 92.5 cm³/mol. The summed E-state index contributed by atoms with van der Waals surface area (Å²) in [6.45, 7) is 0. The third-order valence-corrected chi connectivity index (χ3v) is 4.78. The van der Waals surface area contributed by atoms with E-state index in [2.05, 4.69) is 4.72 Å². The minimum Gasteiger partial charge on any atom is -0.497 e. The molecule has 7 nitrogen and oxygen atoms in total. The van der Waals surface area contributed by atoms with Crippen LogP contribution in [0.15, 0.2) is 53.4 Å². The number of para-hydroxylation sites is 1. The van der Waals surface area contributed by atoms with Crippen LogP contribution in [0.5, 0.6) is 5.75 Å². The number of ether oxygens (including phenoxy) is 2. The van der Waals surface area contributed by atoms with Crippen LogP contribution in [-0.4, -0.2) is 30.1 Å².